The van der Waals surface area contributed by atoms with Gasteiger partial charge < -0.3 is 4.90 Å². The van der Waals surface area contributed by atoms with Crippen molar-refractivity contribution in [1.82, 2.24) is 0 Å². The van der Waals surface area contributed by atoms with Crippen LogP contribution in [0.25, 0.3) is 0 Å². The summed E-state index contributed by atoms with van der Waals surface area (Å²) in [5.41, 5.74) is 1.28. The number of amides is 1. The van der Waals surface area contributed by atoms with Crippen LogP contribution in [-0.2, 0) is 14.8 Å². The molecule has 1 aliphatic rings. The fourth-order valence-corrected chi connectivity index (χ4v) is 3.68. The van der Waals surface area contributed by atoms with Gasteiger partial charge in [-0.1, -0.05) is 18.2 Å². The molecule has 1 N–H and O–H groups in total. The minimum Gasteiger partial charge on any atom is -0.312 e. The van der Waals surface area contributed by atoms with Gasteiger partial charge in [-0.25, -0.2) is 8.42 Å². The van der Waals surface area contributed by atoms with Gasteiger partial charge in [-0.2, -0.15) is 0 Å². The molecule has 2 aromatic carbocycles. The van der Waals surface area contributed by atoms with E-state index in [9.17, 15) is 13.2 Å². The fourth-order valence-electron chi connectivity index (χ4n) is 2.60. The average molecular weight is 330 g/mol. The number of rotatable bonds is 4. The SMILES string of the molecule is O=C1CCCCN1c1ccc(NS(=O)(=O)c2ccccc2)cc1. The van der Waals surface area contributed by atoms with Gasteiger partial charge in [0, 0.05) is 24.3 Å². The molecule has 1 heterocycles. The smallest absolute Gasteiger partial charge is 0.261 e. The third kappa shape index (κ3) is 3.53. The van der Waals surface area contributed by atoms with E-state index in [1.807, 2.05) is 0 Å². The van der Waals surface area contributed by atoms with Crippen molar-refractivity contribution in [2.24, 2.45) is 0 Å². The number of anilines is 2. The number of carbonyl (C=O) groups is 1. The van der Waals surface area contributed by atoms with Crippen LogP contribution < -0.4 is 9.62 Å². The first-order chi connectivity index (χ1) is 11.1. The van der Waals surface area contributed by atoms with E-state index in [4.69, 9.17) is 0 Å². The number of nitrogens with one attached hydrogen (secondary N) is 1. The van der Waals surface area contributed by atoms with Crippen LogP contribution in [-0.4, -0.2) is 20.9 Å². The zero-order valence-corrected chi connectivity index (χ0v) is 13.4. The first-order valence-electron chi connectivity index (χ1n) is 7.54. The lowest BCUT2D eigenvalue weighted by Gasteiger charge is -2.26. The Hall–Kier alpha value is -2.34. The van der Waals surface area contributed by atoms with Gasteiger partial charge in [0.2, 0.25) is 5.91 Å². The number of sulfonamides is 1. The van der Waals surface area contributed by atoms with Crippen LogP contribution in [0.4, 0.5) is 11.4 Å². The predicted octanol–water partition coefficient (Wildman–Crippen LogP) is 3.00. The maximum atomic E-state index is 12.3. The van der Waals surface area contributed by atoms with E-state index in [2.05, 4.69) is 4.72 Å². The average Bonchev–Trinajstić information content (AvgIpc) is 2.57. The van der Waals surface area contributed by atoms with Crippen LogP contribution in [0, 0.1) is 0 Å². The van der Waals surface area contributed by atoms with E-state index in [1.165, 1.54) is 0 Å². The monoisotopic (exact) mass is 330 g/mol. The molecule has 0 atom stereocenters. The van der Waals surface area contributed by atoms with E-state index in [1.54, 1.807) is 59.5 Å². The van der Waals surface area contributed by atoms with Gasteiger partial charge >= 0.3 is 0 Å². The third-order valence-corrected chi connectivity index (χ3v) is 5.21. The molecule has 0 spiro atoms. The zero-order valence-electron chi connectivity index (χ0n) is 12.6. The first kappa shape index (κ1) is 15.6. The van der Waals surface area contributed by atoms with Gasteiger partial charge in [0.15, 0.2) is 0 Å². The lowest BCUT2D eigenvalue weighted by Crippen LogP contribution is -2.35. The van der Waals surface area contributed by atoms with Gasteiger partial charge in [0.05, 0.1) is 4.90 Å². The molecule has 2 aromatic rings. The molecule has 3 rings (SSSR count). The third-order valence-electron chi connectivity index (χ3n) is 3.81. The minimum atomic E-state index is -3.59. The van der Waals surface area contributed by atoms with Crippen LogP contribution in [0.3, 0.4) is 0 Å². The molecule has 1 amide bonds. The van der Waals surface area contributed by atoms with Crippen molar-refractivity contribution >= 4 is 27.3 Å². The molecule has 0 aliphatic carbocycles. The largest absolute Gasteiger partial charge is 0.312 e. The van der Waals surface area contributed by atoms with E-state index in [0.717, 1.165) is 18.5 Å². The number of hydrogen-bond donors (Lipinski definition) is 1. The molecule has 1 fully saturated rings. The summed E-state index contributed by atoms with van der Waals surface area (Å²) in [5.74, 6) is 0.119. The van der Waals surface area contributed by atoms with Crippen molar-refractivity contribution < 1.29 is 13.2 Å². The summed E-state index contributed by atoms with van der Waals surface area (Å²) in [6.07, 6.45) is 2.50. The van der Waals surface area contributed by atoms with Gasteiger partial charge in [0.25, 0.3) is 10.0 Å². The molecule has 6 heteroatoms. The Morgan fingerprint density at radius 3 is 2.26 bits per heavy atom. The zero-order chi connectivity index (χ0) is 16.3. The summed E-state index contributed by atoms with van der Waals surface area (Å²) in [4.78, 5) is 13.9. The Balaban J connectivity index is 1.76. The van der Waals surface area contributed by atoms with Gasteiger partial charge in [-0.15, -0.1) is 0 Å². The molecular formula is C17H18N2O3S. The van der Waals surface area contributed by atoms with Gasteiger partial charge in [-0.3, -0.25) is 9.52 Å². The second kappa shape index (κ2) is 6.42. The van der Waals surface area contributed by atoms with Crippen LogP contribution in [0.1, 0.15) is 19.3 Å². The van der Waals surface area contributed by atoms with E-state index in [-0.39, 0.29) is 10.8 Å². The summed E-state index contributed by atoms with van der Waals surface area (Å²) in [6.45, 7) is 0.716. The molecule has 1 saturated heterocycles. The quantitative estimate of drug-likeness (QED) is 0.937. The highest BCUT2D eigenvalue weighted by atomic mass is 32.2. The van der Waals surface area contributed by atoms with Crippen LogP contribution in [0.5, 0.6) is 0 Å². The summed E-state index contributed by atoms with van der Waals surface area (Å²) >= 11 is 0. The summed E-state index contributed by atoms with van der Waals surface area (Å²) in [5, 5.41) is 0. The number of nitrogens with zero attached hydrogens (tertiary/aromatic N) is 1. The molecule has 0 aromatic heterocycles. The highest BCUT2D eigenvalue weighted by Crippen LogP contribution is 2.24. The predicted molar refractivity (Wildman–Crippen MR) is 89.9 cm³/mol. The number of piperidine rings is 1. The number of benzene rings is 2. The first-order valence-corrected chi connectivity index (χ1v) is 9.03. The Labute approximate surface area is 136 Å². The lowest BCUT2D eigenvalue weighted by molar-refractivity contribution is -0.119. The molecule has 1 aliphatic heterocycles. The van der Waals surface area contributed by atoms with E-state index >= 15 is 0 Å². The van der Waals surface area contributed by atoms with Gasteiger partial charge in [-0.05, 0) is 49.2 Å². The number of hydrogen-bond acceptors (Lipinski definition) is 3. The normalized spacial score (nSPS) is 15.5. The van der Waals surface area contributed by atoms with Crippen LogP contribution in [0.2, 0.25) is 0 Å². The molecule has 0 saturated carbocycles. The van der Waals surface area contributed by atoms with E-state index in [0.29, 0.717) is 18.7 Å². The Kier molecular flexibility index (Phi) is 4.34. The molecule has 23 heavy (non-hydrogen) atoms. The minimum absolute atomic E-state index is 0.119. The Morgan fingerprint density at radius 1 is 0.913 bits per heavy atom. The van der Waals surface area contributed by atoms with Crippen LogP contribution >= 0.6 is 0 Å². The highest BCUT2D eigenvalue weighted by Gasteiger charge is 2.19. The standard InChI is InChI=1S/C17H18N2O3S/c20-17-8-4-5-13-19(17)15-11-9-14(10-12-15)18-23(21,22)16-6-2-1-3-7-16/h1-3,6-7,9-12,18H,4-5,8,13H2. The van der Waals surface area contributed by atoms with E-state index < -0.39 is 10.0 Å². The highest BCUT2D eigenvalue weighted by molar-refractivity contribution is 7.92. The van der Waals surface area contributed by atoms with Crippen molar-refractivity contribution in [2.75, 3.05) is 16.2 Å². The van der Waals surface area contributed by atoms with Crippen LogP contribution in [0.15, 0.2) is 59.5 Å². The second-order valence-corrected chi connectivity index (χ2v) is 7.15. The Bertz CT molecular complexity index is 786. The van der Waals surface area contributed by atoms with Crippen molar-refractivity contribution in [3.63, 3.8) is 0 Å². The van der Waals surface area contributed by atoms with Crippen molar-refractivity contribution in [3.8, 4) is 0 Å². The molecule has 0 unspecified atom stereocenters. The Morgan fingerprint density at radius 2 is 1.61 bits per heavy atom. The molecular weight excluding hydrogens is 312 g/mol. The second-order valence-electron chi connectivity index (χ2n) is 5.47. The molecule has 0 radical (unpaired) electrons. The molecule has 0 bridgehead atoms. The number of carbonyl (C=O) groups excluding carboxylic acids is 1. The van der Waals surface area contributed by atoms with Crippen molar-refractivity contribution in [3.05, 3.63) is 54.6 Å². The fraction of sp³-hybridized carbons (Fsp3) is 0.235. The van der Waals surface area contributed by atoms with Crippen molar-refractivity contribution in [1.29, 1.82) is 0 Å². The molecule has 120 valence electrons. The van der Waals surface area contributed by atoms with Crippen molar-refractivity contribution in [2.45, 2.75) is 24.2 Å². The lowest BCUT2D eigenvalue weighted by atomic mass is 10.1. The maximum absolute atomic E-state index is 12.3. The summed E-state index contributed by atoms with van der Waals surface area (Å²) in [6, 6.07) is 15.1. The summed E-state index contributed by atoms with van der Waals surface area (Å²) in [7, 11) is -3.59. The molecule has 5 nitrogen and oxygen atoms in total. The maximum Gasteiger partial charge on any atom is 0.261 e. The topological polar surface area (TPSA) is 66.5 Å². The summed E-state index contributed by atoms with van der Waals surface area (Å²) < 4.78 is 27.1. The van der Waals surface area contributed by atoms with Gasteiger partial charge in [0.1, 0.15) is 0 Å².